The number of hydrogen-bond acceptors (Lipinski definition) is 2. The molecule has 1 aliphatic rings. The molecule has 1 unspecified atom stereocenters. The van der Waals surface area contributed by atoms with Crippen LogP contribution in [-0.4, -0.2) is 19.1 Å². The zero-order valence-corrected chi connectivity index (χ0v) is 5.77. The molecule has 0 aromatic rings. The van der Waals surface area contributed by atoms with Gasteiger partial charge >= 0.3 is 0 Å². The number of nitrogens with one attached hydrogen (secondary N) is 1. The van der Waals surface area contributed by atoms with Crippen molar-refractivity contribution in [3.63, 3.8) is 0 Å². The van der Waals surface area contributed by atoms with Crippen molar-refractivity contribution in [3.05, 3.63) is 10.4 Å². The van der Waals surface area contributed by atoms with Crippen molar-refractivity contribution < 1.29 is 0 Å². The molecule has 4 nitrogen and oxygen atoms in total. The summed E-state index contributed by atoms with van der Waals surface area (Å²) >= 11 is 0. The van der Waals surface area contributed by atoms with E-state index in [1.807, 2.05) is 0 Å². The Hall–Kier alpha value is -0.440. The molecule has 1 heterocycles. The summed E-state index contributed by atoms with van der Waals surface area (Å²) in [6, 6.07) is 0.464. The van der Waals surface area contributed by atoms with Crippen molar-refractivity contribution in [1.29, 1.82) is 0 Å². The van der Waals surface area contributed by atoms with Crippen LogP contribution < -0.4 is 5.32 Å². The largest absolute Gasteiger partial charge is 0.314 e. The second kappa shape index (κ2) is 4.44. The molecule has 0 radical (unpaired) electrons. The van der Waals surface area contributed by atoms with Crippen LogP contribution in [0.2, 0.25) is 0 Å². The van der Waals surface area contributed by atoms with Crippen LogP contribution in [0.25, 0.3) is 10.4 Å². The van der Waals surface area contributed by atoms with Gasteiger partial charge in [0.05, 0.1) is 0 Å². The normalized spacial score (nSPS) is 22.9. The molecule has 0 bridgehead atoms. The van der Waals surface area contributed by atoms with Crippen LogP contribution >= 0.6 is 12.4 Å². The van der Waals surface area contributed by atoms with Crippen LogP contribution in [0.15, 0.2) is 5.11 Å². The Morgan fingerprint density at radius 1 is 1.78 bits per heavy atom. The Bertz CT molecular complexity index is 116. The molecule has 52 valence electrons. The first kappa shape index (κ1) is 8.56. The molecule has 0 aromatic heterocycles. The highest BCUT2D eigenvalue weighted by Crippen LogP contribution is 2.00. The zero-order chi connectivity index (χ0) is 5.82. The van der Waals surface area contributed by atoms with Gasteiger partial charge in [0.1, 0.15) is 0 Å². The standard InChI is InChI=1S/C4H8N4.ClH/c5-8-7-3-4-1-2-6-4;/h4,6H,1-3H2;1H. The lowest BCUT2D eigenvalue weighted by Gasteiger charge is -2.25. The summed E-state index contributed by atoms with van der Waals surface area (Å²) in [7, 11) is 0. The summed E-state index contributed by atoms with van der Waals surface area (Å²) < 4.78 is 0. The summed E-state index contributed by atoms with van der Waals surface area (Å²) in [5.74, 6) is 0. The Kier molecular flexibility index (Phi) is 4.22. The van der Waals surface area contributed by atoms with Gasteiger partial charge in [-0.15, -0.1) is 12.4 Å². The van der Waals surface area contributed by atoms with Crippen molar-refractivity contribution in [3.8, 4) is 0 Å². The third-order valence-electron chi connectivity index (χ3n) is 1.29. The van der Waals surface area contributed by atoms with Gasteiger partial charge in [0.25, 0.3) is 0 Å². The molecule has 0 amide bonds. The van der Waals surface area contributed by atoms with Gasteiger partial charge in [-0.1, -0.05) is 5.11 Å². The maximum Gasteiger partial charge on any atom is 0.0412 e. The van der Waals surface area contributed by atoms with E-state index in [1.54, 1.807) is 0 Å². The van der Waals surface area contributed by atoms with E-state index in [2.05, 4.69) is 15.3 Å². The van der Waals surface area contributed by atoms with Crippen LogP contribution in [0.4, 0.5) is 0 Å². The second-order valence-electron chi connectivity index (χ2n) is 1.85. The molecule has 1 atom stereocenters. The molecule has 1 aliphatic heterocycles. The van der Waals surface area contributed by atoms with E-state index in [-0.39, 0.29) is 12.4 Å². The smallest absolute Gasteiger partial charge is 0.0412 e. The van der Waals surface area contributed by atoms with Crippen molar-refractivity contribution in [1.82, 2.24) is 5.32 Å². The van der Waals surface area contributed by atoms with Gasteiger partial charge in [0, 0.05) is 17.5 Å². The first-order valence-corrected chi connectivity index (χ1v) is 2.67. The van der Waals surface area contributed by atoms with Gasteiger partial charge in [0.2, 0.25) is 0 Å². The summed E-state index contributed by atoms with van der Waals surface area (Å²) in [6.07, 6.45) is 1.15. The predicted molar refractivity (Wildman–Crippen MR) is 37.7 cm³/mol. The minimum absolute atomic E-state index is 0. The highest BCUT2D eigenvalue weighted by molar-refractivity contribution is 5.85. The Balaban J connectivity index is 0.000000640. The molecule has 0 aromatic carbocycles. The molecule has 5 heteroatoms. The quantitative estimate of drug-likeness (QED) is 0.356. The zero-order valence-electron chi connectivity index (χ0n) is 4.95. The molecule has 9 heavy (non-hydrogen) atoms. The number of azide groups is 1. The van der Waals surface area contributed by atoms with Gasteiger partial charge in [0.15, 0.2) is 0 Å². The molecule has 0 aliphatic carbocycles. The fourth-order valence-electron chi connectivity index (χ4n) is 0.639. The molecular weight excluding hydrogens is 140 g/mol. The lowest BCUT2D eigenvalue weighted by molar-refractivity contribution is 0.379. The average Bonchev–Trinajstić information content (AvgIpc) is 1.63. The Labute approximate surface area is 59.7 Å². The van der Waals surface area contributed by atoms with Crippen LogP contribution in [0.1, 0.15) is 6.42 Å². The van der Waals surface area contributed by atoms with Crippen LogP contribution in [0, 0.1) is 0 Å². The first-order chi connectivity index (χ1) is 3.93. The molecule has 1 saturated heterocycles. The van der Waals surface area contributed by atoms with Crippen molar-refractivity contribution in [2.75, 3.05) is 13.1 Å². The third-order valence-corrected chi connectivity index (χ3v) is 1.29. The topological polar surface area (TPSA) is 60.8 Å². The van der Waals surface area contributed by atoms with Gasteiger partial charge in [-0.05, 0) is 18.5 Å². The van der Waals surface area contributed by atoms with Gasteiger partial charge in [-0.25, -0.2) is 0 Å². The van der Waals surface area contributed by atoms with Crippen molar-refractivity contribution in [2.45, 2.75) is 12.5 Å². The minimum atomic E-state index is 0. The lowest BCUT2D eigenvalue weighted by Crippen LogP contribution is -2.44. The molecule has 1 rings (SSSR count). The van der Waals surface area contributed by atoms with E-state index < -0.39 is 0 Å². The maximum absolute atomic E-state index is 7.87. The van der Waals surface area contributed by atoms with Gasteiger partial charge in [-0.3, -0.25) is 0 Å². The van der Waals surface area contributed by atoms with Crippen molar-refractivity contribution in [2.24, 2.45) is 5.11 Å². The Morgan fingerprint density at radius 2 is 2.44 bits per heavy atom. The fourth-order valence-corrected chi connectivity index (χ4v) is 0.639. The number of hydrogen-bond donors (Lipinski definition) is 1. The molecule has 1 fully saturated rings. The van der Waals surface area contributed by atoms with Crippen molar-refractivity contribution >= 4 is 12.4 Å². The van der Waals surface area contributed by atoms with Crippen LogP contribution in [0.3, 0.4) is 0 Å². The molecular formula is C4H9ClN4. The van der Waals surface area contributed by atoms with Gasteiger partial charge < -0.3 is 5.32 Å². The van der Waals surface area contributed by atoms with Crippen LogP contribution in [0.5, 0.6) is 0 Å². The highest BCUT2D eigenvalue weighted by atomic mass is 35.5. The Morgan fingerprint density at radius 3 is 2.78 bits per heavy atom. The summed E-state index contributed by atoms with van der Waals surface area (Å²) in [4.78, 5) is 2.64. The third kappa shape index (κ3) is 2.56. The SMILES string of the molecule is Cl.[N-]=[N+]=NCC1CCN1. The molecule has 0 saturated carbocycles. The predicted octanol–water partition coefficient (Wildman–Crippen LogP) is 1.08. The number of halogens is 1. The number of rotatable bonds is 2. The average molecular weight is 149 g/mol. The van der Waals surface area contributed by atoms with Gasteiger partial charge in [-0.2, -0.15) is 0 Å². The summed E-state index contributed by atoms with van der Waals surface area (Å²) in [5.41, 5.74) is 7.87. The minimum Gasteiger partial charge on any atom is -0.314 e. The summed E-state index contributed by atoms with van der Waals surface area (Å²) in [6.45, 7) is 1.68. The van der Waals surface area contributed by atoms with E-state index in [0.29, 0.717) is 12.6 Å². The lowest BCUT2D eigenvalue weighted by atomic mass is 10.1. The molecule has 0 spiro atoms. The van der Waals surface area contributed by atoms with E-state index in [1.165, 1.54) is 0 Å². The molecule has 1 N–H and O–H groups in total. The van der Waals surface area contributed by atoms with E-state index in [0.717, 1.165) is 13.0 Å². The fraction of sp³-hybridized carbons (Fsp3) is 1.00. The number of nitrogens with zero attached hydrogens (tertiary/aromatic N) is 3. The van der Waals surface area contributed by atoms with E-state index in [4.69, 9.17) is 5.53 Å². The first-order valence-electron chi connectivity index (χ1n) is 2.67. The summed E-state index contributed by atoms with van der Waals surface area (Å²) in [5, 5.41) is 6.53. The highest BCUT2D eigenvalue weighted by Gasteiger charge is 2.13. The monoisotopic (exact) mass is 148 g/mol. The van der Waals surface area contributed by atoms with E-state index in [9.17, 15) is 0 Å². The second-order valence-corrected chi connectivity index (χ2v) is 1.85. The van der Waals surface area contributed by atoms with E-state index >= 15 is 0 Å². The maximum atomic E-state index is 7.87. The van der Waals surface area contributed by atoms with Crippen LogP contribution in [-0.2, 0) is 0 Å².